The third-order valence-corrected chi connectivity index (χ3v) is 8.60. The van der Waals surface area contributed by atoms with E-state index in [1.54, 1.807) is 43.3 Å². The standard InChI is InChI=1S/C26H25N3O5S/c1-17-11-12-19(15-22(17)35(33,34)28-13-3-2-4-14-28)27-23(30)16-29-25(31)20-9-5-7-18-8-6-10-21(24(18)20)26(29)32/h5-12,15H,2-4,13-14,16H2,1H3,(H,27,30). The van der Waals surface area contributed by atoms with E-state index in [1.165, 1.54) is 10.4 Å². The number of aryl methyl sites for hydroxylation is 1. The minimum Gasteiger partial charge on any atom is -0.324 e. The summed E-state index contributed by atoms with van der Waals surface area (Å²) in [6.45, 7) is 2.19. The largest absolute Gasteiger partial charge is 0.324 e. The quantitative estimate of drug-likeness (QED) is 0.550. The molecule has 0 unspecified atom stereocenters. The highest BCUT2D eigenvalue weighted by Crippen LogP contribution is 2.30. The zero-order chi connectivity index (χ0) is 24.7. The van der Waals surface area contributed by atoms with Crippen LogP contribution in [-0.2, 0) is 14.8 Å². The number of carbonyl (C=O) groups is 3. The van der Waals surface area contributed by atoms with Crippen LogP contribution in [0.2, 0.25) is 0 Å². The Balaban J connectivity index is 1.37. The molecule has 2 heterocycles. The number of amides is 3. The van der Waals surface area contributed by atoms with E-state index < -0.39 is 34.3 Å². The molecule has 0 aromatic heterocycles. The molecular weight excluding hydrogens is 466 g/mol. The van der Waals surface area contributed by atoms with E-state index in [0.29, 0.717) is 35.2 Å². The number of nitrogens with one attached hydrogen (secondary N) is 1. The molecule has 3 amide bonds. The number of benzene rings is 3. The van der Waals surface area contributed by atoms with Crippen LogP contribution in [-0.4, -0.2) is 55.0 Å². The third-order valence-electron chi connectivity index (χ3n) is 6.56. The molecule has 2 aliphatic rings. The van der Waals surface area contributed by atoms with Crippen molar-refractivity contribution < 1.29 is 22.8 Å². The van der Waals surface area contributed by atoms with Crippen LogP contribution in [0.25, 0.3) is 10.8 Å². The summed E-state index contributed by atoms with van der Waals surface area (Å²) >= 11 is 0. The maximum absolute atomic E-state index is 13.2. The van der Waals surface area contributed by atoms with Gasteiger partial charge < -0.3 is 5.32 Å². The van der Waals surface area contributed by atoms with Crippen LogP contribution in [0.3, 0.4) is 0 Å². The lowest BCUT2D eigenvalue weighted by molar-refractivity contribution is -0.116. The highest BCUT2D eigenvalue weighted by atomic mass is 32.2. The molecule has 1 N–H and O–H groups in total. The van der Waals surface area contributed by atoms with Crippen LogP contribution in [0.1, 0.15) is 45.5 Å². The number of imide groups is 1. The molecule has 0 bridgehead atoms. The molecule has 0 radical (unpaired) electrons. The van der Waals surface area contributed by atoms with Crippen molar-refractivity contribution in [1.29, 1.82) is 0 Å². The van der Waals surface area contributed by atoms with Gasteiger partial charge in [0.1, 0.15) is 6.54 Å². The number of rotatable bonds is 5. The first-order valence-electron chi connectivity index (χ1n) is 11.6. The van der Waals surface area contributed by atoms with Crippen molar-refractivity contribution in [3.63, 3.8) is 0 Å². The first-order valence-corrected chi connectivity index (χ1v) is 13.0. The molecule has 3 aromatic rings. The van der Waals surface area contributed by atoms with E-state index >= 15 is 0 Å². The highest BCUT2D eigenvalue weighted by molar-refractivity contribution is 7.89. The van der Waals surface area contributed by atoms with E-state index in [4.69, 9.17) is 0 Å². The Kier molecular flexibility index (Phi) is 5.90. The minimum absolute atomic E-state index is 0.142. The van der Waals surface area contributed by atoms with E-state index in [1.807, 2.05) is 12.1 Å². The van der Waals surface area contributed by atoms with Crippen molar-refractivity contribution in [1.82, 2.24) is 9.21 Å². The molecule has 35 heavy (non-hydrogen) atoms. The smallest absolute Gasteiger partial charge is 0.261 e. The zero-order valence-electron chi connectivity index (χ0n) is 19.3. The number of carbonyl (C=O) groups excluding carboxylic acids is 3. The van der Waals surface area contributed by atoms with Gasteiger partial charge in [0.15, 0.2) is 0 Å². The van der Waals surface area contributed by atoms with Crippen molar-refractivity contribution in [3.8, 4) is 0 Å². The summed E-state index contributed by atoms with van der Waals surface area (Å²) in [5, 5.41) is 4.03. The van der Waals surface area contributed by atoms with Crippen molar-refractivity contribution in [2.24, 2.45) is 0 Å². The number of hydrogen-bond donors (Lipinski definition) is 1. The van der Waals surface area contributed by atoms with Crippen molar-refractivity contribution in [2.75, 3.05) is 25.0 Å². The second-order valence-corrected chi connectivity index (χ2v) is 10.8. The Hall–Kier alpha value is -3.56. The second-order valence-electron chi connectivity index (χ2n) is 8.90. The predicted octanol–water partition coefficient (Wildman–Crippen LogP) is 3.56. The fourth-order valence-corrected chi connectivity index (χ4v) is 6.54. The van der Waals surface area contributed by atoms with Gasteiger partial charge in [-0.2, -0.15) is 4.31 Å². The van der Waals surface area contributed by atoms with Gasteiger partial charge >= 0.3 is 0 Å². The molecule has 0 atom stereocenters. The van der Waals surface area contributed by atoms with E-state index in [9.17, 15) is 22.8 Å². The molecule has 9 heteroatoms. The fraction of sp³-hybridized carbons (Fsp3) is 0.269. The molecule has 1 fully saturated rings. The minimum atomic E-state index is -3.69. The lowest BCUT2D eigenvalue weighted by atomic mass is 9.94. The van der Waals surface area contributed by atoms with Gasteiger partial charge in [-0.3, -0.25) is 19.3 Å². The van der Waals surface area contributed by atoms with Crippen LogP contribution < -0.4 is 5.32 Å². The first-order chi connectivity index (χ1) is 16.8. The maximum atomic E-state index is 13.2. The number of hydrogen-bond acceptors (Lipinski definition) is 5. The molecule has 1 saturated heterocycles. The van der Waals surface area contributed by atoms with Gasteiger partial charge in [-0.15, -0.1) is 0 Å². The number of anilines is 1. The molecule has 0 saturated carbocycles. The van der Waals surface area contributed by atoms with E-state index in [-0.39, 0.29) is 10.6 Å². The van der Waals surface area contributed by atoms with Crippen molar-refractivity contribution >= 4 is 44.2 Å². The molecule has 3 aromatic carbocycles. The first kappa shape index (κ1) is 23.2. The van der Waals surface area contributed by atoms with Gasteiger partial charge in [-0.25, -0.2) is 8.42 Å². The Morgan fingerprint density at radius 1 is 0.914 bits per heavy atom. The number of piperidine rings is 1. The summed E-state index contributed by atoms with van der Waals surface area (Å²) in [6, 6.07) is 15.1. The average molecular weight is 492 g/mol. The van der Waals surface area contributed by atoms with E-state index in [0.717, 1.165) is 29.5 Å². The third kappa shape index (κ3) is 4.11. The van der Waals surface area contributed by atoms with Crippen molar-refractivity contribution in [2.45, 2.75) is 31.1 Å². The highest BCUT2D eigenvalue weighted by Gasteiger charge is 2.34. The molecule has 2 aliphatic heterocycles. The normalized spacial score (nSPS) is 16.5. The monoisotopic (exact) mass is 491 g/mol. The molecule has 8 nitrogen and oxygen atoms in total. The fourth-order valence-electron chi connectivity index (χ4n) is 4.77. The van der Waals surface area contributed by atoms with Gasteiger partial charge in [0.25, 0.3) is 11.8 Å². The number of sulfonamides is 1. The summed E-state index contributed by atoms with van der Waals surface area (Å²) in [4.78, 5) is 40.0. The summed E-state index contributed by atoms with van der Waals surface area (Å²) in [5.41, 5.74) is 1.61. The van der Waals surface area contributed by atoms with Crippen LogP contribution in [0.15, 0.2) is 59.5 Å². The predicted molar refractivity (Wildman–Crippen MR) is 132 cm³/mol. The Bertz CT molecular complexity index is 1420. The van der Waals surface area contributed by atoms with Crippen LogP contribution in [0.4, 0.5) is 5.69 Å². The van der Waals surface area contributed by atoms with Gasteiger partial charge in [0, 0.05) is 35.3 Å². The van der Waals surface area contributed by atoms with Crippen LogP contribution in [0, 0.1) is 6.92 Å². The molecule has 0 spiro atoms. The van der Waals surface area contributed by atoms with Crippen LogP contribution >= 0.6 is 0 Å². The molecule has 5 rings (SSSR count). The molecule has 0 aliphatic carbocycles. The summed E-state index contributed by atoms with van der Waals surface area (Å²) in [6.07, 6.45) is 2.65. The van der Waals surface area contributed by atoms with E-state index in [2.05, 4.69) is 5.32 Å². The SMILES string of the molecule is Cc1ccc(NC(=O)CN2C(=O)c3cccc4cccc(c34)C2=O)cc1S(=O)(=O)N1CCCCC1. The van der Waals surface area contributed by atoms with Gasteiger partial charge in [0.2, 0.25) is 15.9 Å². The van der Waals surface area contributed by atoms with Gasteiger partial charge in [0.05, 0.1) is 4.90 Å². The summed E-state index contributed by atoms with van der Waals surface area (Å²) in [7, 11) is -3.69. The Labute approximate surface area is 203 Å². The lowest BCUT2D eigenvalue weighted by Gasteiger charge is -2.27. The summed E-state index contributed by atoms with van der Waals surface area (Å²) in [5.74, 6) is -1.66. The van der Waals surface area contributed by atoms with Crippen LogP contribution in [0.5, 0.6) is 0 Å². The maximum Gasteiger partial charge on any atom is 0.261 e. The molecular formula is C26H25N3O5S. The topological polar surface area (TPSA) is 104 Å². The number of nitrogens with zero attached hydrogens (tertiary/aromatic N) is 2. The zero-order valence-corrected chi connectivity index (χ0v) is 20.1. The Morgan fingerprint density at radius 2 is 1.54 bits per heavy atom. The van der Waals surface area contributed by atoms with Gasteiger partial charge in [-0.05, 0) is 55.0 Å². The average Bonchev–Trinajstić information content (AvgIpc) is 2.86. The Morgan fingerprint density at radius 3 is 2.17 bits per heavy atom. The lowest BCUT2D eigenvalue weighted by Crippen LogP contribution is -2.44. The molecule has 180 valence electrons. The van der Waals surface area contributed by atoms with Crippen molar-refractivity contribution in [3.05, 3.63) is 71.3 Å². The van der Waals surface area contributed by atoms with Gasteiger partial charge in [-0.1, -0.05) is 36.8 Å². The second kappa shape index (κ2) is 8.90. The summed E-state index contributed by atoms with van der Waals surface area (Å²) < 4.78 is 27.8.